The molecule has 1 aliphatic heterocycles. The normalized spacial score (nSPS) is 41.7. The second kappa shape index (κ2) is 4.12. The molecule has 1 saturated heterocycles. The maximum Gasteiger partial charge on any atom is 0.308 e. The molecule has 1 heterocycles. The van der Waals surface area contributed by atoms with E-state index in [1.807, 2.05) is 0 Å². The van der Waals surface area contributed by atoms with Gasteiger partial charge < -0.3 is 10.4 Å². The number of carboxylic acids is 1. The third-order valence-electron chi connectivity index (χ3n) is 4.37. The highest BCUT2D eigenvalue weighted by molar-refractivity contribution is 5.72. The van der Waals surface area contributed by atoms with Gasteiger partial charge in [-0.1, -0.05) is 26.2 Å². The van der Waals surface area contributed by atoms with Crippen LogP contribution in [0.2, 0.25) is 0 Å². The molecule has 0 aromatic carbocycles. The van der Waals surface area contributed by atoms with Crippen molar-refractivity contribution >= 4 is 5.97 Å². The van der Waals surface area contributed by atoms with Crippen LogP contribution < -0.4 is 5.32 Å². The summed E-state index contributed by atoms with van der Waals surface area (Å²) in [7, 11) is 0. The van der Waals surface area contributed by atoms with Crippen LogP contribution in [-0.4, -0.2) is 24.2 Å². The molecule has 1 aliphatic carbocycles. The maximum atomic E-state index is 11.2. The first kappa shape index (κ1) is 10.9. The molecule has 0 bridgehead atoms. The fraction of sp³-hybridized carbons (Fsp3) is 0.917. The molecule has 0 aromatic heterocycles. The molecule has 3 unspecified atom stereocenters. The van der Waals surface area contributed by atoms with Crippen molar-refractivity contribution in [1.29, 1.82) is 0 Å². The minimum Gasteiger partial charge on any atom is -0.481 e. The van der Waals surface area contributed by atoms with Crippen LogP contribution in [0.4, 0.5) is 0 Å². The summed E-state index contributed by atoms with van der Waals surface area (Å²) in [6.45, 7) is 3.87. The lowest BCUT2D eigenvalue weighted by molar-refractivity contribution is -0.145. The van der Waals surface area contributed by atoms with Crippen LogP contribution in [0.25, 0.3) is 0 Å². The number of aliphatic carboxylic acids is 1. The first-order chi connectivity index (χ1) is 7.14. The van der Waals surface area contributed by atoms with Gasteiger partial charge in [-0.2, -0.15) is 0 Å². The number of hydrogen-bond acceptors (Lipinski definition) is 2. The van der Waals surface area contributed by atoms with Crippen molar-refractivity contribution in [2.24, 2.45) is 17.3 Å². The molecular formula is C12H21NO2. The molecule has 1 saturated carbocycles. The van der Waals surface area contributed by atoms with Gasteiger partial charge in [0.2, 0.25) is 0 Å². The van der Waals surface area contributed by atoms with Crippen molar-refractivity contribution < 1.29 is 9.90 Å². The second-order valence-electron chi connectivity index (χ2n) is 5.42. The summed E-state index contributed by atoms with van der Waals surface area (Å²) in [6, 6.07) is 0. The van der Waals surface area contributed by atoms with Gasteiger partial charge in [0, 0.05) is 13.1 Å². The lowest BCUT2D eigenvalue weighted by Crippen LogP contribution is -2.34. The van der Waals surface area contributed by atoms with E-state index < -0.39 is 5.97 Å². The van der Waals surface area contributed by atoms with E-state index in [1.54, 1.807) is 0 Å². The van der Waals surface area contributed by atoms with Crippen molar-refractivity contribution in [2.45, 2.75) is 39.0 Å². The summed E-state index contributed by atoms with van der Waals surface area (Å²) in [5, 5.41) is 12.5. The van der Waals surface area contributed by atoms with E-state index in [2.05, 4.69) is 12.2 Å². The van der Waals surface area contributed by atoms with Crippen molar-refractivity contribution in [3.05, 3.63) is 0 Å². The van der Waals surface area contributed by atoms with E-state index in [1.165, 1.54) is 19.3 Å². The van der Waals surface area contributed by atoms with Gasteiger partial charge in [-0.3, -0.25) is 4.79 Å². The van der Waals surface area contributed by atoms with Gasteiger partial charge in [-0.25, -0.2) is 0 Å². The fourth-order valence-corrected chi connectivity index (χ4v) is 3.29. The van der Waals surface area contributed by atoms with E-state index in [4.69, 9.17) is 0 Å². The topological polar surface area (TPSA) is 49.3 Å². The van der Waals surface area contributed by atoms with Crippen molar-refractivity contribution in [3.8, 4) is 0 Å². The summed E-state index contributed by atoms with van der Waals surface area (Å²) in [4.78, 5) is 11.2. The molecular weight excluding hydrogens is 190 g/mol. The molecule has 2 aliphatic rings. The van der Waals surface area contributed by atoms with Crippen LogP contribution in [0.15, 0.2) is 0 Å². The molecule has 3 heteroatoms. The maximum absolute atomic E-state index is 11.2. The molecule has 15 heavy (non-hydrogen) atoms. The van der Waals surface area contributed by atoms with Crippen LogP contribution in [-0.2, 0) is 4.79 Å². The van der Waals surface area contributed by atoms with E-state index in [0.717, 1.165) is 25.3 Å². The third-order valence-corrected chi connectivity index (χ3v) is 4.37. The van der Waals surface area contributed by atoms with E-state index in [0.29, 0.717) is 6.54 Å². The van der Waals surface area contributed by atoms with Gasteiger partial charge in [-0.05, 0) is 24.2 Å². The third kappa shape index (κ3) is 2.03. The fourth-order valence-electron chi connectivity index (χ4n) is 3.29. The molecule has 3 atom stereocenters. The van der Waals surface area contributed by atoms with Crippen LogP contribution >= 0.6 is 0 Å². The molecule has 2 rings (SSSR count). The SMILES string of the molecule is CC1CCCC2(CC1)CNCC2C(=O)O. The molecule has 1 spiro atoms. The Bertz CT molecular complexity index is 254. The minimum absolute atomic E-state index is 0.0661. The number of hydrogen-bond donors (Lipinski definition) is 2. The highest BCUT2D eigenvalue weighted by Crippen LogP contribution is 2.44. The Balaban J connectivity index is 2.13. The molecule has 86 valence electrons. The highest BCUT2D eigenvalue weighted by Gasteiger charge is 2.46. The lowest BCUT2D eigenvalue weighted by atomic mass is 9.72. The Labute approximate surface area is 91.2 Å². The minimum atomic E-state index is -0.602. The quantitative estimate of drug-likeness (QED) is 0.696. The first-order valence-corrected chi connectivity index (χ1v) is 6.07. The molecule has 0 radical (unpaired) electrons. The summed E-state index contributed by atoms with van der Waals surface area (Å²) in [6.07, 6.45) is 5.87. The summed E-state index contributed by atoms with van der Waals surface area (Å²) in [5.41, 5.74) is 0.0661. The zero-order valence-corrected chi connectivity index (χ0v) is 9.46. The Morgan fingerprint density at radius 1 is 1.40 bits per heavy atom. The predicted octanol–water partition coefficient (Wildman–Crippen LogP) is 1.88. The molecule has 0 aromatic rings. The van der Waals surface area contributed by atoms with Crippen molar-refractivity contribution in [1.82, 2.24) is 5.32 Å². The molecule has 2 fully saturated rings. The predicted molar refractivity (Wildman–Crippen MR) is 58.7 cm³/mol. The smallest absolute Gasteiger partial charge is 0.308 e. The van der Waals surface area contributed by atoms with Crippen LogP contribution in [0.3, 0.4) is 0 Å². The van der Waals surface area contributed by atoms with Crippen LogP contribution in [0.1, 0.15) is 39.0 Å². The zero-order chi connectivity index (χ0) is 10.9. The Hall–Kier alpha value is -0.570. The van der Waals surface area contributed by atoms with E-state index >= 15 is 0 Å². The van der Waals surface area contributed by atoms with Gasteiger partial charge in [-0.15, -0.1) is 0 Å². The lowest BCUT2D eigenvalue weighted by Gasteiger charge is -2.31. The van der Waals surface area contributed by atoms with Crippen LogP contribution in [0, 0.1) is 17.3 Å². The number of carbonyl (C=O) groups is 1. The van der Waals surface area contributed by atoms with Gasteiger partial charge in [0.1, 0.15) is 0 Å². The van der Waals surface area contributed by atoms with Gasteiger partial charge in [0.15, 0.2) is 0 Å². The summed E-state index contributed by atoms with van der Waals surface area (Å²) < 4.78 is 0. The number of nitrogens with one attached hydrogen (secondary N) is 1. The molecule has 0 amide bonds. The summed E-state index contributed by atoms with van der Waals surface area (Å²) in [5.74, 6) is 0.0248. The Kier molecular flexibility index (Phi) is 3.01. The monoisotopic (exact) mass is 211 g/mol. The second-order valence-corrected chi connectivity index (χ2v) is 5.42. The largest absolute Gasteiger partial charge is 0.481 e. The number of carboxylic acid groups (broad SMARTS) is 1. The van der Waals surface area contributed by atoms with Crippen molar-refractivity contribution in [2.75, 3.05) is 13.1 Å². The molecule has 2 N–H and O–H groups in total. The van der Waals surface area contributed by atoms with Crippen molar-refractivity contribution in [3.63, 3.8) is 0 Å². The van der Waals surface area contributed by atoms with Gasteiger partial charge >= 0.3 is 5.97 Å². The zero-order valence-electron chi connectivity index (χ0n) is 9.46. The average Bonchev–Trinajstić information content (AvgIpc) is 2.50. The summed E-state index contributed by atoms with van der Waals surface area (Å²) >= 11 is 0. The van der Waals surface area contributed by atoms with Gasteiger partial charge in [0.25, 0.3) is 0 Å². The highest BCUT2D eigenvalue weighted by atomic mass is 16.4. The standard InChI is InChI=1S/C12H21NO2/c1-9-3-2-5-12(6-4-9)8-13-7-10(12)11(14)15/h9-10,13H,2-8H2,1H3,(H,14,15). The Morgan fingerprint density at radius 2 is 2.20 bits per heavy atom. The van der Waals surface area contributed by atoms with E-state index in [-0.39, 0.29) is 11.3 Å². The average molecular weight is 211 g/mol. The Morgan fingerprint density at radius 3 is 2.93 bits per heavy atom. The van der Waals surface area contributed by atoms with Crippen LogP contribution in [0.5, 0.6) is 0 Å². The first-order valence-electron chi connectivity index (χ1n) is 6.07. The van der Waals surface area contributed by atoms with Gasteiger partial charge in [0.05, 0.1) is 5.92 Å². The number of rotatable bonds is 1. The molecule has 3 nitrogen and oxygen atoms in total. The van der Waals surface area contributed by atoms with E-state index in [9.17, 15) is 9.90 Å².